The van der Waals surface area contributed by atoms with Gasteiger partial charge in [0.05, 0.1) is 6.61 Å². The molecule has 1 aromatic rings. The zero-order valence-corrected chi connectivity index (χ0v) is 14.1. The number of nitrogens with zero attached hydrogens (tertiary/aromatic N) is 2. The summed E-state index contributed by atoms with van der Waals surface area (Å²) in [5.41, 5.74) is 2.79. The van der Waals surface area contributed by atoms with Crippen LogP contribution in [0, 0.1) is 0 Å². The van der Waals surface area contributed by atoms with Gasteiger partial charge < -0.3 is 10.0 Å². The van der Waals surface area contributed by atoms with Crippen molar-refractivity contribution in [1.29, 1.82) is 0 Å². The number of rotatable bonds is 6. The van der Waals surface area contributed by atoms with Gasteiger partial charge >= 0.3 is 0 Å². The fraction of sp³-hybridized carbons (Fsp3) is 0.632. The lowest BCUT2D eigenvalue weighted by Crippen LogP contribution is -2.38. The molecule has 1 fully saturated rings. The minimum absolute atomic E-state index is 0.146. The van der Waals surface area contributed by atoms with Crippen LogP contribution in [0.1, 0.15) is 49.8 Å². The lowest BCUT2D eigenvalue weighted by Gasteiger charge is -2.30. The number of benzene rings is 1. The molecule has 0 bridgehead atoms. The number of hydrogen-bond acceptors (Lipinski definition) is 3. The van der Waals surface area contributed by atoms with Crippen LogP contribution in [0.15, 0.2) is 24.3 Å². The Morgan fingerprint density at radius 2 is 2.13 bits per heavy atom. The number of aliphatic hydroxyl groups excluding tert-OH is 1. The molecule has 1 N–H and O–H groups in total. The molecular weight excluding hydrogens is 288 g/mol. The standard InChI is InChI=1S/C19H28N2O2/c1-15-5-4-11-21(15)19(23)10-12-20(13-14-22)18-9-8-16-6-2-3-7-17(16)18/h2-3,6-7,15,18,22H,4-5,8-14H2,1H3. The topological polar surface area (TPSA) is 43.8 Å². The summed E-state index contributed by atoms with van der Waals surface area (Å²) in [5, 5.41) is 9.43. The van der Waals surface area contributed by atoms with Crippen LogP contribution < -0.4 is 0 Å². The molecular formula is C19H28N2O2. The SMILES string of the molecule is CC1CCCN1C(=O)CCN(CCO)C1CCc2ccccc21. The summed E-state index contributed by atoms with van der Waals surface area (Å²) in [6.45, 7) is 4.58. The molecule has 1 aromatic carbocycles. The third-order valence-electron chi connectivity index (χ3n) is 5.42. The van der Waals surface area contributed by atoms with Crippen molar-refractivity contribution in [1.82, 2.24) is 9.80 Å². The van der Waals surface area contributed by atoms with Gasteiger partial charge in [-0.3, -0.25) is 9.69 Å². The minimum Gasteiger partial charge on any atom is -0.395 e. The van der Waals surface area contributed by atoms with Crippen LogP contribution in [0.4, 0.5) is 0 Å². The lowest BCUT2D eigenvalue weighted by molar-refractivity contribution is -0.132. The minimum atomic E-state index is 0.146. The van der Waals surface area contributed by atoms with Crippen molar-refractivity contribution >= 4 is 5.91 Å². The first kappa shape index (κ1) is 16.5. The van der Waals surface area contributed by atoms with E-state index < -0.39 is 0 Å². The quantitative estimate of drug-likeness (QED) is 0.876. The van der Waals surface area contributed by atoms with Crippen molar-refractivity contribution < 1.29 is 9.90 Å². The second-order valence-corrected chi connectivity index (χ2v) is 6.84. The maximum Gasteiger partial charge on any atom is 0.224 e. The Balaban J connectivity index is 1.62. The molecule has 1 amide bonds. The zero-order chi connectivity index (χ0) is 16.2. The van der Waals surface area contributed by atoms with Crippen molar-refractivity contribution in [2.45, 2.75) is 51.1 Å². The number of hydrogen-bond donors (Lipinski definition) is 1. The Morgan fingerprint density at radius 1 is 1.30 bits per heavy atom. The van der Waals surface area contributed by atoms with E-state index in [0.717, 1.165) is 38.8 Å². The molecule has 1 heterocycles. The van der Waals surface area contributed by atoms with Crippen molar-refractivity contribution in [2.75, 3.05) is 26.2 Å². The molecule has 0 radical (unpaired) electrons. The maximum absolute atomic E-state index is 12.5. The molecule has 126 valence electrons. The average Bonchev–Trinajstić information content (AvgIpc) is 3.17. The summed E-state index contributed by atoms with van der Waals surface area (Å²) in [4.78, 5) is 16.8. The van der Waals surface area contributed by atoms with Gasteiger partial charge in [-0.1, -0.05) is 24.3 Å². The van der Waals surface area contributed by atoms with Gasteiger partial charge in [-0.25, -0.2) is 0 Å². The molecule has 0 aromatic heterocycles. The third kappa shape index (κ3) is 3.59. The maximum atomic E-state index is 12.5. The van der Waals surface area contributed by atoms with E-state index in [1.807, 2.05) is 4.90 Å². The van der Waals surface area contributed by atoms with Gasteiger partial charge in [-0.2, -0.15) is 0 Å². The smallest absolute Gasteiger partial charge is 0.224 e. The molecule has 0 saturated carbocycles. The van der Waals surface area contributed by atoms with E-state index in [2.05, 4.69) is 36.1 Å². The Kier molecular flexibility index (Phi) is 5.34. The van der Waals surface area contributed by atoms with E-state index >= 15 is 0 Å². The van der Waals surface area contributed by atoms with E-state index in [-0.39, 0.29) is 12.5 Å². The van der Waals surface area contributed by atoms with Crippen molar-refractivity contribution in [3.63, 3.8) is 0 Å². The Morgan fingerprint density at radius 3 is 2.87 bits per heavy atom. The molecule has 2 unspecified atom stereocenters. The largest absolute Gasteiger partial charge is 0.395 e. The van der Waals surface area contributed by atoms with Crippen molar-refractivity contribution in [2.24, 2.45) is 0 Å². The summed E-state index contributed by atoms with van der Waals surface area (Å²) in [7, 11) is 0. The first-order chi connectivity index (χ1) is 11.2. The number of aliphatic hydroxyl groups is 1. The first-order valence-corrected chi connectivity index (χ1v) is 8.93. The highest BCUT2D eigenvalue weighted by Crippen LogP contribution is 2.35. The van der Waals surface area contributed by atoms with Crippen LogP contribution in [0.25, 0.3) is 0 Å². The number of amides is 1. The predicted molar refractivity (Wildman–Crippen MR) is 91.2 cm³/mol. The van der Waals surface area contributed by atoms with Gasteiger partial charge in [0.1, 0.15) is 0 Å². The summed E-state index contributed by atoms with van der Waals surface area (Å²) < 4.78 is 0. The molecule has 2 aliphatic rings. The van der Waals surface area contributed by atoms with E-state index in [9.17, 15) is 9.90 Å². The number of likely N-dealkylation sites (tertiary alicyclic amines) is 1. The molecule has 3 rings (SSSR count). The second-order valence-electron chi connectivity index (χ2n) is 6.84. The highest BCUT2D eigenvalue weighted by Gasteiger charge is 2.29. The molecule has 4 heteroatoms. The first-order valence-electron chi connectivity index (χ1n) is 8.93. The molecule has 23 heavy (non-hydrogen) atoms. The fourth-order valence-electron chi connectivity index (χ4n) is 4.15. The number of fused-ring (bicyclic) bond motifs is 1. The highest BCUT2D eigenvalue weighted by molar-refractivity contribution is 5.77. The van der Waals surface area contributed by atoms with Crippen LogP contribution in [-0.2, 0) is 11.2 Å². The highest BCUT2D eigenvalue weighted by atomic mass is 16.3. The van der Waals surface area contributed by atoms with Crippen LogP contribution in [0.2, 0.25) is 0 Å². The molecule has 1 saturated heterocycles. The van der Waals surface area contributed by atoms with Crippen LogP contribution in [0.5, 0.6) is 0 Å². The number of carbonyl (C=O) groups excluding carboxylic acids is 1. The molecule has 0 spiro atoms. The number of carbonyl (C=O) groups is 1. The Labute approximate surface area is 139 Å². The summed E-state index contributed by atoms with van der Waals surface area (Å²) in [6.07, 6.45) is 5.00. The molecule has 2 atom stereocenters. The monoisotopic (exact) mass is 316 g/mol. The zero-order valence-electron chi connectivity index (χ0n) is 14.1. The second kappa shape index (κ2) is 7.45. The van der Waals surface area contributed by atoms with Gasteiger partial charge in [0.15, 0.2) is 0 Å². The lowest BCUT2D eigenvalue weighted by atomic mass is 10.1. The Hall–Kier alpha value is -1.39. The predicted octanol–water partition coefficient (Wildman–Crippen LogP) is 2.37. The van der Waals surface area contributed by atoms with Crippen LogP contribution in [-0.4, -0.2) is 53.1 Å². The van der Waals surface area contributed by atoms with Gasteiger partial charge in [0.25, 0.3) is 0 Å². The summed E-state index contributed by atoms with van der Waals surface area (Å²) in [6, 6.07) is 9.31. The molecule has 1 aliphatic carbocycles. The van der Waals surface area contributed by atoms with Gasteiger partial charge in [0.2, 0.25) is 5.91 Å². The van der Waals surface area contributed by atoms with Crippen molar-refractivity contribution in [3.8, 4) is 0 Å². The van der Waals surface area contributed by atoms with Crippen molar-refractivity contribution in [3.05, 3.63) is 35.4 Å². The molecule has 1 aliphatic heterocycles. The van der Waals surface area contributed by atoms with Gasteiger partial charge in [0, 0.05) is 38.1 Å². The molecule has 4 nitrogen and oxygen atoms in total. The van der Waals surface area contributed by atoms with Crippen LogP contribution >= 0.6 is 0 Å². The van der Waals surface area contributed by atoms with Gasteiger partial charge in [-0.05, 0) is 43.7 Å². The average molecular weight is 316 g/mol. The summed E-state index contributed by atoms with van der Waals surface area (Å²) >= 11 is 0. The summed E-state index contributed by atoms with van der Waals surface area (Å²) in [5.74, 6) is 0.268. The van der Waals surface area contributed by atoms with E-state index in [4.69, 9.17) is 0 Å². The fourth-order valence-corrected chi connectivity index (χ4v) is 4.15. The normalized spacial score (nSPS) is 23.5. The Bertz CT molecular complexity index is 546. The van der Waals surface area contributed by atoms with E-state index in [1.54, 1.807) is 0 Å². The van der Waals surface area contributed by atoms with Crippen LogP contribution in [0.3, 0.4) is 0 Å². The third-order valence-corrected chi connectivity index (χ3v) is 5.42. The van der Waals surface area contributed by atoms with E-state index in [0.29, 0.717) is 25.0 Å². The van der Waals surface area contributed by atoms with Gasteiger partial charge in [-0.15, -0.1) is 0 Å². The van der Waals surface area contributed by atoms with E-state index in [1.165, 1.54) is 11.1 Å². The number of aryl methyl sites for hydroxylation is 1.